The van der Waals surface area contributed by atoms with E-state index in [1.54, 1.807) is 4.90 Å². The van der Waals surface area contributed by atoms with Gasteiger partial charge in [0.1, 0.15) is 6.04 Å². The van der Waals surface area contributed by atoms with Crippen LogP contribution >= 0.6 is 0 Å². The van der Waals surface area contributed by atoms with Crippen molar-refractivity contribution in [3.63, 3.8) is 0 Å². The number of primary amides is 1. The second-order valence-electron chi connectivity index (χ2n) is 10.6. The lowest BCUT2D eigenvalue weighted by Gasteiger charge is -2.40. The number of sulfone groups is 1. The summed E-state index contributed by atoms with van der Waals surface area (Å²) in [5.74, 6) is -2.57. The van der Waals surface area contributed by atoms with Crippen molar-refractivity contribution >= 4 is 27.6 Å². The van der Waals surface area contributed by atoms with E-state index in [-0.39, 0.29) is 46.7 Å². The van der Waals surface area contributed by atoms with Crippen molar-refractivity contribution in [2.45, 2.75) is 48.7 Å². The van der Waals surface area contributed by atoms with Crippen LogP contribution in [-0.4, -0.2) is 79.5 Å². The fourth-order valence-electron chi connectivity index (χ4n) is 5.37. The number of carbonyl (C=O) groups excluding carboxylic acids is 2. The molecule has 11 nitrogen and oxygen atoms in total. The molecular formula is C30H34F3N5O6S. The number of piperidine rings is 1. The maximum atomic E-state index is 13.3. The molecule has 1 unspecified atom stereocenters. The first kappa shape index (κ1) is 33.8. The number of likely N-dealkylation sites (N-methyl/N-ethyl adjacent to an activating group) is 1. The van der Waals surface area contributed by atoms with E-state index in [9.17, 15) is 36.3 Å². The number of hydroxylamine groups is 2. The highest BCUT2D eigenvalue weighted by Crippen LogP contribution is 2.36. The number of rotatable bonds is 10. The zero-order valence-electron chi connectivity index (χ0n) is 24.9. The summed E-state index contributed by atoms with van der Waals surface area (Å²) >= 11 is 0. The number of alkyl halides is 3. The predicted molar refractivity (Wildman–Crippen MR) is 158 cm³/mol. The molecule has 2 heterocycles. The van der Waals surface area contributed by atoms with E-state index in [0.29, 0.717) is 17.5 Å². The van der Waals surface area contributed by atoms with Gasteiger partial charge in [0, 0.05) is 25.7 Å². The summed E-state index contributed by atoms with van der Waals surface area (Å²) in [6.07, 6.45) is -2.54. The Labute approximate surface area is 258 Å². The Balaban J connectivity index is 1.77. The Kier molecular flexibility index (Phi) is 10.1. The molecule has 1 aromatic heterocycles. The molecule has 1 aliphatic heterocycles. The van der Waals surface area contributed by atoms with Crippen molar-refractivity contribution in [1.82, 2.24) is 15.0 Å². The molecule has 1 aliphatic rings. The lowest BCUT2D eigenvalue weighted by Crippen LogP contribution is -2.52. The minimum atomic E-state index is -4.49. The Bertz CT molecular complexity index is 1640. The van der Waals surface area contributed by atoms with Gasteiger partial charge in [-0.1, -0.05) is 31.2 Å². The number of nitrogens with two attached hydrogens (primary N) is 1. The van der Waals surface area contributed by atoms with Gasteiger partial charge in [-0.3, -0.25) is 14.4 Å². The van der Waals surface area contributed by atoms with E-state index in [1.807, 2.05) is 0 Å². The van der Waals surface area contributed by atoms with Crippen LogP contribution in [0.4, 0.5) is 19.1 Å². The van der Waals surface area contributed by atoms with Crippen molar-refractivity contribution in [2.24, 2.45) is 5.73 Å². The molecule has 0 bridgehead atoms. The number of nitrogens with zero attached hydrogens (tertiary/aromatic N) is 4. The highest BCUT2D eigenvalue weighted by molar-refractivity contribution is 7.91. The van der Waals surface area contributed by atoms with Gasteiger partial charge in [-0.15, -0.1) is 0 Å². The summed E-state index contributed by atoms with van der Waals surface area (Å²) in [6.45, 7) is 1.13. The number of carbonyl (C=O) groups is 2. The van der Waals surface area contributed by atoms with Gasteiger partial charge >= 0.3 is 6.18 Å². The van der Waals surface area contributed by atoms with Gasteiger partial charge in [-0.2, -0.15) is 13.2 Å². The monoisotopic (exact) mass is 649 g/mol. The normalized spacial score (nSPS) is 18.0. The van der Waals surface area contributed by atoms with Crippen LogP contribution in [0, 0.1) is 0 Å². The highest BCUT2D eigenvalue weighted by atomic mass is 32.2. The molecule has 3 atom stereocenters. The minimum Gasteiger partial charge on any atom is -0.395 e. The van der Waals surface area contributed by atoms with E-state index < -0.39 is 52.0 Å². The third-order valence-corrected chi connectivity index (χ3v) is 9.77. The summed E-state index contributed by atoms with van der Waals surface area (Å²) < 4.78 is 64.1. The molecule has 0 spiro atoms. The SMILES string of the molecule is CCS(=O)(=O)c1ccc([C@@H](CO)c2nc(N3CC(c4ccc(C(F)(F)F)cc4)CC[C@H]3C(=O)N(C)OC)ncc2C(N)=O)cc1. The molecule has 3 N–H and O–H groups in total. The van der Waals surface area contributed by atoms with Gasteiger partial charge < -0.3 is 15.7 Å². The molecule has 3 aromatic rings. The molecule has 1 fully saturated rings. The van der Waals surface area contributed by atoms with Crippen LogP contribution in [0.5, 0.6) is 0 Å². The molecular weight excluding hydrogens is 615 g/mol. The third kappa shape index (κ3) is 7.26. The van der Waals surface area contributed by atoms with Crippen molar-refractivity contribution in [1.29, 1.82) is 0 Å². The molecule has 0 radical (unpaired) electrons. The van der Waals surface area contributed by atoms with Crippen LogP contribution < -0.4 is 10.6 Å². The molecule has 1 saturated heterocycles. The number of aromatic nitrogens is 2. The van der Waals surface area contributed by atoms with Crippen molar-refractivity contribution in [2.75, 3.05) is 38.0 Å². The molecule has 4 rings (SSSR count). The predicted octanol–water partition coefficient (Wildman–Crippen LogP) is 3.28. The number of amides is 2. The molecule has 15 heteroatoms. The van der Waals surface area contributed by atoms with E-state index in [4.69, 9.17) is 10.6 Å². The maximum absolute atomic E-state index is 13.3. The van der Waals surface area contributed by atoms with Crippen molar-refractivity contribution in [3.8, 4) is 0 Å². The van der Waals surface area contributed by atoms with Gasteiger partial charge in [0.15, 0.2) is 9.84 Å². The molecule has 0 saturated carbocycles. The van der Waals surface area contributed by atoms with Crippen LogP contribution in [0.3, 0.4) is 0 Å². The Hall–Kier alpha value is -4.08. The average molecular weight is 650 g/mol. The number of hydrogen-bond acceptors (Lipinski definition) is 9. The number of benzene rings is 2. The van der Waals surface area contributed by atoms with Gasteiger partial charge in [-0.05, 0) is 48.2 Å². The molecule has 45 heavy (non-hydrogen) atoms. The summed E-state index contributed by atoms with van der Waals surface area (Å²) in [5.41, 5.74) is 5.91. The Morgan fingerprint density at radius 1 is 1.13 bits per heavy atom. The van der Waals surface area contributed by atoms with E-state index in [1.165, 1.54) is 63.7 Å². The minimum absolute atomic E-state index is 0.0260. The standard InChI is InChI=1S/C30H34F3N5O6S/c1-4-45(42,43)22-12-7-19(8-13-22)24(17-39)26-23(27(34)40)15-35-29(36-26)38-16-20(9-14-25(38)28(41)37(2)44-3)18-5-10-21(11-6-18)30(31,32)33/h5-8,10-13,15,20,24-25,39H,4,9,14,16-17H2,1-3H3,(H2,34,40)/t20?,24-,25+/m1/s1. The number of halogens is 3. The first-order valence-electron chi connectivity index (χ1n) is 14.1. The van der Waals surface area contributed by atoms with Gasteiger partial charge in [0.2, 0.25) is 5.95 Å². The molecule has 2 amide bonds. The number of hydrogen-bond donors (Lipinski definition) is 2. The molecule has 2 aromatic carbocycles. The average Bonchev–Trinajstić information content (AvgIpc) is 3.03. The molecule has 0 aliphatic carbocycles. The highest BCUT2D eigenvalue weighted by Gasteiger charge is 2.38. The van der Waals surface area contributed by atoms with Crippen LogP contribution in [0.1, 0.15) is 64.3 Å². The fourth-order valence-corrected chi connectivity index (χ4v) is 6.25. The van der Waals surface area contributed by atoms with Crippen LogP contribution in [0.15, 0.2) is 59.6 Å². The summed E-state index contributed by atoms with van der Waals surface area (Å²) in [4.78, 5) is 41.5. The van der Waals surface area contributed by atoms with Gasteiger partial charge in [-0.25, -0.2) is 23.4 Å². The summed E-state index contributed by atoms with van der Waals surface area (Å²) in [6, 6.07) is 9.83. The van der Waals surface area contributed by atoms with Crippen LogP contribution in [0.25, 0.3) is 0 Å². The zero-order chi connectivity index (χ0) is 33.1. The quantitative estimate of drug-likeness (QED) is 0.315. The number of anilines is 1. The smallest absolute Gasteiger partial charge is 0.395 e. The van der Waals surface area contributed by atoms with E-state index in [2.05, 4.69) is 9.97 Å². The second kappa shape index (κ2) is 13.5. The largest absolute Gasteiger partial charge is 0.416 e. The van der Waals surface area contributed by atoms with Crippen LogP contribution in [0.2, 0.25) is 0 Å². The lowest BCUT2D eigenvalue weighted by atomic mass is 9.86. The maximum Gasteiger partial charge on any atom is 0.416 e. The lowest BCUT2D eigenvalue weighted by molar-refractivity contribution is -0.170. The third-order valence-electron chi connectivity index (χ3n) is 8.02. The summed E-state index contributed by atoms with van der Waals surface area (Å²) in [5, 5.41) is 11.5. The topological polar surface area (TPSA) is 156 Å². The second-order valence-corrected chi connectivity index (χ2v) is 12.9. The van der Waals surface area contributed by atoms with Crippen LogP contribution in [-0.2, 0) is 25.6 Å². The van der Waals surface area contributed by atoms with E-state index in [0.717, 1.165) is 17.2 Å². The summed E-state index contributed by atoms with van der Waals surface area (Å²) in [7, 11) is -0.719. The van der Waals surface area contributed by atoms with Gasteiger partial charge in [0.05, 0.1) is 47.1 Å². The fraction of sp³-hybridized carbons (Fsp3) is 0.400. The van der Waals surface area contributed by atoms with Crippen molar-refractivity contribution < 1.29 is 41.1 Å². The zero-order valence-corrected chi connectivity index (χ0v) is 25.7. The number of aliphatic hydroxyl groups is 1. The van der Waals surface area contributed by atoms with Crippen molar-refractivity contribution in [3.05, 3.63) is 82.7 Å². The van der Waals surface area contributed by atoms with E-state index >= 15 is 0 Å². The Morgan fingerprint density at radius 3 is 2.31 bits per heavy atom. The molecule has 242 valence electrons. The van der Waals surface area contributed by atoms with Gasteiger partial charge in [0.25, 0.3) is 11.8 Å². The Morgan fingerprint density at radius 2 is 1.78 bits per heavy atom. The number of aliphatic hydroxyl groups excluding tert-OH is 1. The first-order chi connectivity index (χ1) is 21.2. The first-order valence-corrected chi connectivity index (χ1v) is 15.7.